The molecule has 6 heteroatoms. The maximum atomic E-state index is 13.4. The van der Waals surface area contributed by atoms with Crippen molar-refractivity contribution < 1.29 is 30.5 Å². The Labute approximate surface area is 115 Å². The van der Waals surface area contributed by atoms with Crippen LogP contribution in [0.15, 0.2) is 30.6 Å². The van der Waals surface area contributed by atoms with Crippen LogP contribution in [-0.4, -0.2) is 10.4 Å². The van der Waals surface area contributed by atoms with Crippen LogP contribution in [-0.2, 0) is 13.6 Å². The van der Waals surface area contributed by atoms with Crippen molar-refractivity contribution in [1.82, 2.24) is 4.57 Å². The number of nitrogens with zero attached hydrogens (tertiary/aromatic N) is 2. The fraction of sp³-hybridized carbons (Fsp3) is 0.231. The van der Waals surface area contributed by atoms with Gasteiger partial charge in [0, 0.05) is 13.0 Å². The topological polar surface area (TPSA) is 25.9 Å². The second-order valence-electron chi connectivity index (χ2n) is 4.13. The minimum absolute atomic E-state index is 0. The van der Waals surface area contributed by atoms with Crippen LogP contribution >= 0.6 is 0 Å². The number of halogens is 3. The van der Waals surface area contributed by atoms with Gasteiger partial charge in [-0.15, -0.1) is 0 Å². The van der Waals surface area contributed by atoms with Gasteiger partial charge in [0.1, 0.15) is 24.0 Å². The first kappa shape index (κ1) is 15.3. The second kappa shape index (κ2) is 5.93. The van der Waals surface area contributed by atoms with Gasteiger partial charge in [-0.3, -0.25) is 4.79 Å². The average Bonchev–Trinajstić information content (AvgIpc) is 2.61. The summed E-state index contributed by atoms with van der Waals surface area (Å²) >= 11 is 0. The number of aromatic nitrogens is 2. The number of imidazole rings is 1. The highest BCUT2D eigenvalue weighted by Crippen LogP contribution is 2.11. The molecule has 1 heterocycles. The molecule has 102 valence electrons. The first-order chi connectivity index (χ1) is 8.49. The molecule has 3 nitrogen and oxygen atoms in total. The lowest BCUT2D eigenvalue weighted by Crippen LogP contribution is -3.00. The maximum Gasteiger partial charge on any atom is 0.253 e. The van der Waals surface area contributed by atoms with Gasteiger partial charge in [-0.25, -0.2) is 17.9 Å². The zero-order valence-corrected chi connectivity index (χ0v) is 11.3. The van der Waals surface area contributed by atoms with Gasteiger partial charge in [-0.1, -0.05) is 0 Å². The van der Waals surface area contributed by atoms with Crippen molar-refractivity contribution in [2.45, 2.75) is 13.5 Å². The van der Waals surface area contributed by atoms with E-state index in [1.165, 1.54) is 6.07 Å². The van der Waals surface area contributed by atoms with Gasteiger partial charge < -0.3 is 12.4 Å². The molecule has 0 saturated carbocycles. The van der Waals surface area contributed by atoms with Gasteiger partial charge in [0.2, 0.25) is 5.78 Å². The van der Waals surface area contributed by atoms with Crippen LogP contribution < -0.4 is 17.0 Å². The summed E-state index contributed by atoms with van der Waals surface area (Å²) < 4.78 is 29.7. The molecule has 0 aliphatic rings. The molecule has 0 radical (unpaired) electrons. The Morgan fingerprint density at radius 2 is 2.05 bits per heavy atom. The molecule has 0 spiro atoms. The zero-order chi connectivity index (χ0) is 13.3. The Hall–Kier alpha value is -1.75. The van der Waals surface area contributed by atoms with E-state index in [1.807, 2.05) is 24.7 Å². The first-order valence-electron chi connectivity index (χ1n) is 5.48. The molecular weight excluding hydrogens is 274 g/mol. The van der Waals surface area contributed by atoms with Crippen molar-refractivity contribution in [2.75, 3.05) is 0 Å². The number of benzene rings is 1. The lowest BCUT2D eigenvalue weighted by atomic mass is 10.1. The predicted molar refractivity (Wildman–Crippen MR) is 61.0 cm³/mol. The smallest absolute Gasteiger partial charge is 0.253 e. The summed E-state index contributed by atoms with van der Waals surface area (Å²) in [6, 6.07) is 2.97. The van der Waals surface area contributed by atoms with Crippen LogP contribution in [0.4, 0.5) is 8.78 Å². The molecule has 0 bridgehead atoms. The third kappa shape index (κ3) is 3.17. The summed E-state index contributed by atoms with van der Waals surface area (Å²) in [6.45, 7) is 1.89. The first-order valence-corrected chi connectivity index (χ1v) is 5.48. The van der Waals surface area contributed by atoms with E-state index in [-0.39, 0.29) is 30.3 Å². The van der Waals surface area contributed by atoms with Crippen molar-refractivity contribution in [3.8, 4) is 0 Å². The molecule has 1 aromatic heterocycles. The molecule has 0 fully saturated rings. The highest BCUT2D eigenvalue weighted by Gasteiger charge is 2.17. The molecule has 2 aromatic rings. The monoisotopic (exact) mass is 286 g/mol. The summed E-state index contributed by atoms with van der Waals surface area (Å²) in [5, 5.41) is 0. The lowest BCUT2D eigenvalue weighted by Gasteiger charge is -2.02. The van der Waals surface area contributed by atoms with Crippen molar-refractivity contribution in [1.29, 1.82) is 0 Å². The van der Waals surface area contributed by atoms with E-state index in [2.05, 4.69) is 0 Å². The van der Waals surface area contributed by atoms with Crippen molar-refractivity contribution in [2.24, 2.45) is 7.05 Å². The minimum atomic E-state index is -0.825. The Kier molecular flexibility index (Phi) is 4.78. The van der Waals surface area contributed by atoms with Crippen molar-refractivity contribution >= 4 is 5.78 Å². The summed E-state index contributed by atoms with van der Waals surface area (Å²) in [6.07, 6.45) is 3.55. The molecule has 0 amide bonds. The number of carbonyl (C=O) groups excluding carboxylic acids is 1. The normalized spacial score (nSPS) is 10.1. The van der Waals surface area contributed by atoms with E-state index in [0.29, 0.717) is 0 Å². The largest absolute Gasteiger partial charge is 1.00 e. The second-order valence-corrected chi connectivity index (χ2v) is 4.13. The Morgan fingerprint density at radius 1 is 1.37 bits per heavy atom. The molecule has 19 heavy (non-hydrogen) atoms. The molecule has 1 aromatic carbocycles. The van der Waals surface area contributed by atoms with E-state index in [1.54, 1.807) is 10.8 Å². The van der Waals surface area contributed by atoms with Crippen LogP contribution in [0.25, 0.3) is 0 Å². The zero-order valence-electron chi connectivity index (χ0n) is 10.5. The maximum absolute atomic E-state index is 13.4. The molecule has 0 aliphatic heterocycles. The molecule has 0 atom stereocenters. The van der Waals surface area contributed by atoms with Gasteiger partial charge in [0.15, 0.2) is 6.54 Å². The average molecular weight is 287 g/mol. The quantitative estimate of drug-likeness (QED) is 0.513. The number of hydrogen-bond donors (Lipinski definition) is 0. The van der Waals surface area contributed by atoms with E-state index < -0.39 is 11.6 Å². The van der Waals surface area contributed by atoms with E-state index >= 15 is 0 Å². The van der Waals surface area contributed by atoms with Gasteiger partial charge in [0.05, 0.1) is 12.6 Å². The van der Waals surface area contributed by atoms with Crippen LogP contribution in [0.2, 0.25) is 0 Å². The third-order valence-corrected chi connectivity index (χ3v) is 2.94. The van der Waals surface area contributed by atoms with E-state index in [0.717, 1.165) is 18.0 Å². The number of ketones is 1. The van der Waals surface area contributed by atoms with Crippen LogP contribution in [0.3, 0.4) is 0 Å². The van der Waals surface area contributed by atoms with Crippen molar-refractivity contribution in [3.05, 3.63) is 53.6 Å². The van der Waals surface area contributed by atoms with Crippen LogP contribution in [0, 0.1) is 18.6 Å². The van der Waals surface area contributed by atoms with E-state index in [4.69, 9.17) is 0 Å². The van der Waals surface area contributed by atoms with Gasteiger partial charge in [-0.2, -0.15) is 0 Å². The van der Waals surface area contributed by atoms with Gasteiger partial charge in [0.25, 0.3) is 5.82 Å². The predicted octanol–water partition coefficient (Wildman–Crippen LogP) is -1.21. The summed E-state index contributed by atoms with van der Waals surface area (Å²) in [4.78, 5) is 11.9. The molecule has 0 saturated heterocycles. The Morgan fingerprint density at radius 3 is 2.58 bits per heavy atom. The number of rotatable bonds is 3. The number of aryl methyl sites for hydroxylation is 1. The minimum Gasteiger partial charge on any atom is -1.00 e. The van der Waals surface area contributed by atoms with Crippen LogP contribution in [0.1, 0.15) is 16.2 Å². The van der Waals surface area contributed by atoms with Gasteiger partial charge >= 0.3 is 0 Å². The standard InChI is InChI=1S/C13H13F2N2O.ClH/c1-9-16(2)5-6-17(9)8-13(18)11-4-3-10(14)7-12(11)15;/h3-7H,8H2,1-2H3;1H/q+1;/p-1. The molecule has 0 unspecified atom stereocenters. The lowest BCUT2D eigenvalue weighted by molar-refractivity contribution is -0.677. The molecule has 2 rings (SSSR count). The SMILES string of the molecule is Cc1n(CC(=O)c2ccc(F)cc2F)cc[n+]1C.[Cl-]. The number of Topliss-reactive ketones (excluding diaryl/α,β-unsaturated/α-hetero) is 1. The summed E-state index contributed by atoms with van der Waals surface area (Å²) in [5.74, 6) is -1.01. The third-order valence-electron chi connectivity index (χ3n) is 2.94. The summed E-state index contributed by atoms with van der Waals surface area (Å²) in [7, 11) is 1.86. The van der Waals surface area contributed by atoms with Crippen molar-refractivity contribution in [3.63, 3.8) is 0 Å². The molecular formula is C13H13ClF2N2O. The molecule has 0 aliphatic carbocycles. The fourth-order valence-electron chi connectivity index (χ4n) is 1.72. The Bertz CT molecular complexity index is 611. The highest BCUT2D eigenvalue weighted by atomic mass is 35.5. The number of hydrogen-bond acceptors (Lipinski definition) is 1. The fourth-order valence-corrected chi connectivity index (χ4v) is 1.72. The molecule has 0 N–H and O–H groups in total. The Balaban J connectivity index is 0.00000180. The number of carbonyl (C=O) groups is 1. The van der Waals surface area contributed by atoms with Crippen LogP contribution in [0.5, 0.6) is 0 Å². The highest BCUT2D eigenvalue weighted by molar-refractivity contribution is 5.96. The van der Waals surface area contributed by atoms with E-state index in [9.17, 15) is 13.6 Å². The van der Waals surface area contributed by atoms with Gasteiger partial charge in [-0.05, 0) is 12.1 Å². The summed E-state index contributed by atoms with van der Waals surface area (Å²) in [5.41, 5.74) is -0.0906.